The second-order valence-corrected chi connectivity index (χ2v) is 4.43. The predicted octanol–water partition coefficient (Wildman–Crippen LogP) is 2.83. The largest absolute Gasteiger partial charge is 0.321 e. The molecule has 0 fully saturated rings. The molecule has 0 bridgehead atoms. The van der Waals surface area contributed by atoms with E-state index in [9.17, 15) is 9.18 Å². The first kappa shape index (κ1) is 12.8. The second-order valence-electron chi connectivity index (χ2n) is 4.43. The Hall–Kier alpha value is -3.20. The summed E-state index contributed by atoms with van der Waals surface area (Å²) in [6.45, 7) is 0. The molecule has 1 aromatic heterocycles. The number of aromatic amines is 1. The van der Waals surface area contributed by atoms with E-state index in [0.717, 1.165) is 17.0 Å². The smallest absolute Gasteiger partial charge is 0.255 e. The highest BCUT2D eigenvalue weighted by atomic mass is 19.1. The standard InChI is InChI=1S/C15H9FN4O/c16-12-3-4-13(11(5-12)7-17)19-15(21)9-1-2-10-8-18-20-14(10)6-9/h1-6,8H,(H,18,20)(H,19,21). The number of H-pyrrole nitrogens is 1. The number of benzene rings is 2. The van der Waals surface area contributed by atoms with E-state index in [2.05, 4.69) is 15.5 Å². The van der Waals surface area contributed by atoms with Gasteiger partial charge in [0.1, 0.15) is 11.9 Å². The predicted molar refractivity (Wildman–Crippen MR) is 75.2 cm³/mol. The van der Waals surface area contributed by atoms with Crippen LogP contribution in [0.3, 0.4) is 0 Å². The van der Waals surface area contributed by atoms with E-state index in [1.807, 2.05) is 6.07 Å². The lowest BCUT2D eigenvalue weighted by atomic mass is 10.1. The van der Waals surface area contributed by atoms with E-state index < -0.39 is 5.82 Å². The van der Waals surface area contributed by atoms with E-state index in [1.165, 1.54) is 12.1 Å². The Labute approximate surface area is 119 Å². The van der Waals surface area contributed by atoms with Gasteiger partial charge in [-0.25, -0.2) is 4.39 Å². The van der Waals surface area contributed by atoms with Crippen molar-refractivity contribution >= 4 is 22.5 Å². The number of hydrogen-bond donors (Lipinski definition) is 2. The molecule has 1 heterocycles. The Kier molecular flexibility index (Phi) is 3.09. The van der Waals surface area contributed by atoms with Gasteiger partial charge in [0.05, 0.1) is 23.0 Å². The first-order valence-corrected chi connectivity index (χ1v) is 6.11. The molecule has 0 atom stereocenters. The molecule has 0 saturated heterocycles. The maximum absolute atomic E-state index is 13.1. The summed E-state index contributed by atoms with van der Waals surface area (Å²) in [6, 6.07) is 10.6. The van der Waals surface area contributed by atoms with Crippen LogP contribution in [0.25, 0.3) is 10.9 Å². The number of nitriles is 1. The van der Waals surface area contributed by atoms with Crippen LogP contribution >= 0.6 is 0 Å². The highest BCUT2D eigenvalue weighted by Gasteiger charge is 2.11. The van der Waals surface area contributed by atoms with Gasteiger partial charge < -0.3 is 5.32 Å². The van der Waals surface area contributed by atoms with Crippen molar-refractivity contribution in [3.8, 4) is 6.07 Å². The summed E-state index contributed by atoms with van der Waals surface area (Å²) < 4.78 is 13.1. The molecule has 2 N–H and O–H groups in total. The molecule has 21 heavy (non-hydrogen) atoms. The van der Waals surface area contributed by atoms with E-state index >= 15 is 0 Å². The molecular formula is C15H9FN4O. The number of aromatic nitrogens is 2. The minimum absolute atomic E-state index is 0.0750. The molecule has 0 saturated carbocycles. The van der Waals surface area contributed by atoms with Gasteiger partial charge >= 0.3 is 0 Å². The number of halogens is 1. The summed E-state index contributed by atoms with van der Waals surface area (Å²) in [5.41, 5.74) is 1.50. The lowest BCUT2D eigenvalue weighted by Gasteiger charge is -2.07. The molecule has 6 heteroatoms. The Balaban J connectivity index is 1.91. The maximum Gasteiger partial charge on any atom is 0.255 e. The van der Waals surface area contributed by atoms with Crippen LogP contribution in [0, 0.1) is 17.1 Å². The van der Waals surface area contributed by atoms with Crippen molar-refractivity contribution < 1.29 is 9.18 Å². The SMILES string of the molecule is N#Cc1cc(F)ccc1NC(=O)c1ccc2cn[nH]c2c1. The van der Waals surface area contributed by atoms with Crippen LogP contribution in [-0.2, 0) is 0 Å². The molecule has 0 aliphatic carbocycles. The average molecular weight is 280 g/mol. The van der Waals surface area contributed by atoms with Gasteiger partial charge in [-0.3, -0.25) is 9.89 Å². The number of nitrogens with one attached hydrogen (secondary N) is 2. The van der Waals surface area contributed by atoms with Gasteiger partial charge in [-0.2, -0.15) is 10.4 Å². The van der Waals surface area contributed by atoms with Crippen LogP contribution in [0.4, 0.5) is 10.1 Å². The molecule has 0 aliphatic rings. The molecule has 3 aromatic rings. The minimum atomic E-state index is -0.525. The van der Waals surface area contributed by atoms with Gasteiger partial charge in [0.15, 0.2) is 0 Å². The fourth-order valence-corrected chi connectivity index (χ4v) is 1.99. The quantitative estimate of drug-likeness (QED) is 0.757. The number of anilines is 1. The monoisotopic (exact) mass is 280 g/mol. The molecule has 3 rings (SSSR count). The Morgan fingerprint density at radius 2 is 2.14 bits per heavy atom. The van der Waals surface area contributed by atoms with Crippen LogP contribution in [0.15, 0.2) is 42.6 Å². The molecule has 0 radical (unpaired) electrons. The lowest BCUT2D eigenvalue weighted by Crippen LogP contribution is -2.12. The van der Waals surface area contributed by atoms with Crippen LogP contribution in [0.2, 0.25) is 0 Å². The summed E-state index contributed by atoms with van der Waals surface area (Å²) in [5, 5.41) is 19.1. The zero-order chi connectivity index (χ0) is 14.8. The number of fused-ring (bicyclic) bond motifs is 1. The van der Waals surface area contributed by atoms with Crippen molar-refractivity contribution in [2.45, 2.75) is 0 Å². The van der Waals surface area contributed by atoms with Crippen molar-refractivity contribution in [2.75, 3.05) is 5.32 Å². The molecule has 5 nitrogen and oxygen atoms in total. The number of carbonyl (C=O) groups is 1. The summed E-state index contributed by atoms with van der Waals surface area (Å²) >= 11 is 0. The maximum atomic E-state index is 13.1. The van der Waals surface area contributed by atoms with Crippen LogP contribution in [0.5, 0.6) is 0 Å². The van der Waals surface area contributed by atoms with Gasteiger partial charge in [-0.1, -0.05) is 6.07 Å². The number of rotatable bonds is 2. The fourth-order valence-electron chi connectivity index (χ4n) is 1.99. The van der Waals surface area contributed by atoms with E-state index in [4.69, 9.17) is 5.26 Å². The summed E-state index contributed by atoms with van der Waals surface area (Å²) in [6.07, 6.45) is 1.66. The molecule has 0 unspecified atom stereocenters. The third-order valence-corrected chi connectivity index (χ3v) is 3.05. The van der Waals surface area contributed by atoms with Gasteiger partial charge in [0.25, 0.3) is 5.91 Å². The fraction of sp³-hybridized carbons (Fsp3) is 0. The Morgan fingerprint density at radius 1 is 1.29 bits per heavy atom. The van der Waals surface area contributed by atoms with Gasteiger partial charge in [-0.05, 0) is 30.3 Å². The van der Waals surface area contributed by atoms with Crippen LogP contribution < -0.4 is 5.32 Å². The molecule has 2 aromatic carbocycles. The van der Waals surface area contributed by atoms with E-state index in [1.54, 1.807) is 24.4 Å². The van der Waals surface area contributed by atoms with Crippen molar-refractivity contribution in [2.24, 2.45) is 0 Å². The van der Waals surface area contributed by atoms with Crippen LogP contribution in [-0.4, -0.2) is 16.1 Å². The number of nitrogens with zero attached hydrogens (tertiary/aromatic N) is 2. The molecule has 0 spiro atoms. The van der Waals surface area contributed by atoms with Crippen molar-refractivity contribution in [3.05, 3.63) is 59.5 Å². The van der Waals surface area contributed by atoms with E-state index in [0.29, 0.717) is 5.56 Å². The molecule has 0 aliphatic heterocycles. The topological polar surface area (TPSA) is 81.6 Å². The number of amides is 1. The second kappa shape index (κ2) is 5.06. The normalized spacial score (nSPS) is 10.3. The summed E-state index contributed by atoms with van der Waals surface area (Å²) in [7, 11) is 0. The van der Waals surface area contributed by atoms with Crippen molar-refractivity contribution in [3.63, 3.8) is 0 Å². The number of hydrogen-bond acceptors (Lipinski definition) is 3. The third kappa shape index (κ3) is 2.44. The summed E-state index contributed by atoms with van der Waals surface area (Å²) in [5.74, 6) is -0.905. The lowest BCUT2D eigenvalue weighted by molar-refractivity contribution is 0.102. The minimum Gasteiger partial charge on any atom is -0.321 e. The van der Waals surface area contributed by atoms with Crippen molar-refractivity contribution in [1.82, 2.24) is 10.2 Å². The zero-order valence-electron chi connectivity index (χ0n) is 10.7. The molecule has 1 amide bonds. The van der Waals surface area contributed by atoms with E-state index in [-0.39, 0.29) is 17.2 Å². The van der Waals surface area contributed by atoms with Gasteiger partial charge in [0, 0.05) is 10.9 Å². The molecular weight excluding hydrogens is 271 g/mol. The first-order chi connectivity index (χ1) is 10.2. The molecule has 102 valence electrons. The zero-order valence-corrected chi connectivity index (χ0v) is 10.7. The average Bonchev–Trinajstić information content (AvgIpc) is 2.96. The third-order valence-electron chi connectivity index (χ3n) is 3.05. The van der Waals surface area contributed by atoms with Gasteiger partial charge in [-0.15, -0.1) is 0 Å². The summed E-state index contributed by atoms with van der Waals surface area (Å²) in [4.78, 5) is 12.2. The van der Waals surface area contributed by atoms with Gasteiger partial charge in [0.2, 0.25) is 0 Å². The van der Waals surface area contributed by atoms with Crippen LogP contribution in [0.1, 0.15) is 15.9 Å². The Bertz CT molecular complexity index is 879. The first-order valence-electron chi connectivity index (χ1n) is 6.11. The Morgan fingerprint density at radius 3 is 2.95 bits per heavy atom. The highest BCUT2D eigenvalue weighted by Crippen LogP contribution is 2.18. The number of carbonyl (C=O) groups excluding carboxylic acids is 1. The highest BCUT2D eigenvalue weighted by molar-refractivity contribution is 6.06. The van der Waals surface area contributed by atoms with Crippen molar-refractivity contribution in [1.29, 1.82) is 5.26 Å².